The van der Waals surface area contributed by atoms with Gasteiger partial charge in [-0.05, 0) is 24.6 Å². The summed E-state index contributed by atoms with van der Waals surface area (Å²) in [6.45, 7) is 1.47. The molecule has 0 aliphatic rings. The number of aromatic amines is 1. The molecule has 2 aromatic rings. The Balaban J connectivity index is 2.43. The number of fused-ring (bicyclic) bond motifs is 1. The number of benzene rings is 1. The lowest BCUT2D eigenvalue weighted by atomic mass is 9.94. The second kappa shape index (κ2) is 3.99. The van der Waals surface area contributed by atoms with E-state index in [0.29, 0.717) is 5.52 Å². The summed E-state index contributed by atoms with van der Waals surface area (Å²) < 4.78 is 1.50. The zero-order valence-electron chi connectivity index (χ0n) is 10.2. The van der Waals surface area contributed by atoms with Crippen molar-refractivity contribution in [1.82, 2.24) is 9.55 Å². The van der Waals surface area contributed by atoms with Gasteiger partial charge in [-0.2, -0.15) is 0 Å². The quantitative estimate of drug-likeness (QED) is 0.723. The van der Waals surface area contributed by atoms with Crippen molar-refractivity contribution in [2.24, 2.45) is 12.8 Å². The van der Waals surface area contributed by atoms with E-state index in [-0.39, 0.29) is 12.1 Å². The first-order valence-corrected chi connectivity index (χ1v) is 5.51. The Hall–Kier alpha value is -2.08. The third-order valence-corrected chi connectivity index (χ3v) is 3.03. The van der Waals surface area contributed by atoms with Gasteiger partial charge in [0.2, 0.25) is 0 Å². The fourth-order valence-electron chi connectivity index (χ4n) is 1.89. The van der Waals surface area contributed by atoms with Gasteiger partial charge in [0, 0.05) is 13.5 Å². The Morgan fingerprint density at radius 1 is 1.56 bits per heavy atom. The molecule has 0 spiro atoms. The van der Waals surface area contributed by atoms with Crippen molar-refractivity contribution in [3.8, 4) is 0 Å². The molecule has 0 radical (unpaired) electrons. The molecule has 0 amide bonds. The summed E-state index contributed by atoms with van der Waals surface area (Å²) in [7, 11) is 1.67. The lowest BCUT2D eigenvalue weighted by molar-refractivity contribution is -0.142. The Bertz CT molecular complexity index is 667. The third kappa shape index (κ3) is 2.02. The molecule has 96 valence electrons. The predicted octanol–water partition coefficient (Wildman–Crippen LogP) is 0.211. The lowest BCUT2D eigenvalue weighted by Crippen LogP contribution is -2.46. The predicted molar refractivity (Wildman–Crippen MR) is 67.5 cm³/mol. The van der Waals surface area contributed by atoms with Crippen LogP contribution in [0, 0.1) is 0 Å². The van der Waals surface area contributed by atoms with Gasteiger partial charge in [0.1, 0.15) is 5.54 Å². The molecule has 0 aliphatic carbocycles. The van der Waals surface area contributed by atoms with Crippen LogP contribution in [0.4, 0.5) is 0 Å². The van der Waals surface area contributed by atoms with Crippen molar-refractivity contribution < 1.29 is 9.90 Å². The van der Waals surface area contributed by atoms with E-state index in [1.165, 1.54) is 11.5 Å². The van der Waals surface area contributed by atoms with Gasteiger partial charge in [0.05, 0.1) is 11.0 Å². The summed E-state index contributed by atoms with van der Waals surface area (Å²) >= 11 is 0. The van der Waals surface area contributed by atoms with Gasteiger partial charge in [0.15, 0.2) is 0 Å². The molecule has 0 bridgehead atoms. The fourth-order valence-corrected chi connectivity index (χ4v) is 1.89. The van der Waals surface area contributed by atoms with Gasteiger partial charge < -0.3 is 15.8 Å². The first-order valence-electron chi connectivity index (χ1n) is 5.51. The Morgan fingerprint density at radius 2 is 2.22 bits per heavy atom. The zero-order valence-corrected chi connectivity index (χ0v) is 10.2. The summed E-state index contributed by atoms with van der Waals surface area (Å²) in [5.41, 5.74) is 6.41. The molecule has 6 nitrogen and oxygen atoms in total. The van der Waals surface area contributed by atoms with E-state index in [2.05, 4.69) is 4.98 Å². The fraction of sp³-hybridized carbons (Fsp3) is 0.333. The van der Waals surface area contributed by atoms with Gasteiger partial charge in [-0.3, -0.25) is 9.36 Å². The van der Waals surface area contributed by atoms with Crippen LogP contribution >= 0.6 is 0 Å². The summed E-state index contributed by atoms with van der Waals surface area (Å²) in [5.74, 6) is -1.05. The number of aromatic nitrogens is 2. The minimum absolute atomic E-state index is 0.198. The van der Waals surface area contributed by atoms with Crippen molar-refractivity contribution in [3.63, 3.8) is 0 Å². The molecule has 6 heteroatoms. The van der Waals surface area contributed by atoms with Crippen LogP contribution in [0.15, 0.2) is 23.0 Å². The van der Waals surface area contributed by atoms with E-state index in [9.17, 15) is 9.59 Å². The highest BCUT2D eigenvalue weighted by Crippen LogP contribution is 2.16. The van der Waals surface area contributed by atoms with Gasteiger partial charge in [-0.1, -0.05) is 6.07 Å². The summed E-state index contributed by atoms with van der Waals surface area (Å²) in [6, 6.07) is 5.31. The Labute approximate surface area is 103 Å². The largest absolute Gasteiger partial charge is 0.480 e. The van der Waals surface area contributed by atoms with Crippen molar-refractivity contribution in [1.29, 1.82) is 0 Å². The number of carboxylic acid groups (broad SMARTS) is 1. The number of aliphatic carboxylic acids is 1. The average Bonchev–Trinajstić information content (AvgIpc) is 2.53. The molecule has 0 fully saturated rings. The van der Waals surface area contributed by atoms with Crippen molar-refractivity contribution in [3.05, 3.63) is 34.2 Å². The highest BCUT2D eigenvalue weighted by molar-refractivity contribution is 5.79. The number of nitrogens with two attached hydrogens (primary N) is 1. The minimum Gasteiger partial charge on any atom is -0.480 e. The monoisotopic (exact) mass is 249 g/mol. The second-order valence-corrected chi connectivity index (χ2v) is 4.74. The molecular formula is C12H15N3O3. The van der Waals surface area contributed by atoms with Crippen LogP contribution in [0.1, 0.15) is 12.5 Å². The number of H-pyrrole nitrogens is 1. The number of nitrogens with one attached hydrogen (secondary N) is 1. The number of carbonyl (C=O) groups is 1. The summed E-state index contributed by atoms with van der Waals surface area (Å²) in [4.78, 5) is 25.1. The summed E-state index contributed by atoms with van der Waals surface area (Å²) in [6.07, 6.45) is 0.204. The van der Waals surface area contributed by atoms with E-state index < -0.39 is 11.5 Å². The molecule has 0 saturated heterocycles. The van der Waals surface area contributed by atoms with Crippen LogP contribution in [0.3, 0.4) is 0 Å². The second-order valence-electron chi connectivity index (χ2n) is 4.74. The number of carboxylic acids is 1. The molecule has 2 rings (SSSR count). The molecule has 1 heterocycles. The van der Waals surface area contributed by atoms with Gasteiger partial charge >= 0.3 is 11.7 Å². The Morgan fingerprint density at radius 3 is 2.83 bits per heavy atom. The molecule has 1 unspecified atom stereocenters. The van der Waals surface area contributed by atoms with E-state index in [1.807, 2.05) is 0 Å². The number of hydrogen-bond acceptors (Lipinski definition) is 3. The van der Waals surface area contributed by atoms with Crippen LogP contribution < -0.4 is 11.4 Å². The molecule has 18 heavy (non-hydrogen) atoms. The maximum Gasteiger partial charge on any atom is 0.326 e. The lowest BCUT2D eigenvalue weighted by Gasteiger charge is -2.18. The molecular weight excluding hydrogens is 234 g/mol. The van der Waals surface area contributed by atoms with E-state index in [1.54, 1.807) is 25.2 Å². The first kappa shape index (κ1) is 12.4. The summed E-state index contributed by atoms with van der Waals surface area (Å²) in [5, 5.41) is 8.98. The van der Waals surface area contributed by atoms with Gasteiger partial charge in [0.25, 0.3) is 0 Å². The van der Waals surface area contributed by atoms with Crippen LogP contribution in [0.2, 0.25) is 0 Å². The maximum atomic E-state index is 11.4. The Kier molecular flexibility index (Phi) is 2.74. The topological polar surface area (TPSA) is 101 Å². The third-order valence-electron chi connectivity index (χ3n) is 3.03. The zero-order chi connectivity index (χ0) is 13.5. The molecule has 1 aromatic carbocycles. The van der Waals surface area contributed by atoms with Crippen LogP contribution in [0.5, 0.6) is 0 Å². The average molecular weight is 249 g/mol. The molecule has 1 atom stereocenters. The van der Waals surface area contributed by atoms with Crippen LogP contribution in [-0.4, -0.2) is 26.2 Å². The highest BCUT2D eigenvalue weighted by atomic mass is 16.4. The van der Waals surface area contributed by atoms with E-state index in [0.717, 1.165) is 11.1 Å². The SMILES string of the molecule is Cn1c(=O)[nH]c2cc(CC(C)(N)C(=O)O)ccc21. The number of hydrogen-bond donors (Lipinski definition) is 3. The van der Waals surface area contributed by atoms with Crippen molar-refractivity contribution in [2.75, 3.05) is 0 Å². The number of rotatable bonds is 3. The molecule has 0 aliphatic heterocycles. The number of aryl methyl sites for hydroxylation is 1. The van der Waals surface area contributed by atoms with Gasteiger partial charge in [-0.25, -0.2) is 4.79 Å². The molecule has 1 aromatic heterocycles. The normalized spacial score (nSPS) is 14.6. The number of nitrogens with zero attached hydrogens (tertiary/aromatic N) is 1. The maximum absolute atomic E-state index is 11.4. The van der Waals surface area contributed by atoms with Crippen LogP contribution in [-0.2, 0) is 18.3 Å². The molecule has 0 saturated carbocycles. The highest BCUT2D eigenvalue weighted by Gasteiger charge is 2.28. The van der Waals surface area contributed by atoms with E-state index in [4.69, 9.17) is 10.8 Å². The standard InChI is InChI=1S/C12H15N3O3/c1-12(13,10(16)17)6-7-3-4-9-8(5-7)14-11(18)15(9)2/h3-5H,6,13H2,1-2H3,(H,14,18)(H,16,17). The van der Waals surface area contributed by atoms with Crippen molar-refractivity contribution in [2.45, 2.75) is 18.9 Å². The van der Waals surface area contributed by atoms with Crippen molar-refractivity contribution >= 4 is 17.0 Å². The smallest absolute Gasteiger partial charge is 0.326 e. The van der Waals surface area contributed by atoms with Crippen LogP contribution in [0.25, 0.3) is 11.0 Å². The minimum atomic E-state index is -1.32. The van der Waals surface area contributed by atoms with E-state index >= 15 is 0 Å². The molecule has 4 N–H and O–H groups in total. The number of imidazole rings is 1. The first-order chi connectivity index (χ1) is 8.31. The van der Waals surface area contributed by atoms with Gasteiger partial charge in [-0.15, -0.1) is 0 Å².